The quantitative estimate of drug-likeness (QED) is 0.839. The van der Waals surface area contributed by atoms with E-state index in [-0.39, 0.29) is 18.2 Å². The van der Waals surface area contributed by atoms with E-state index in [1.165, 1.54) is 20.3 Å². The molecule has 0 bridgehead atoms. The lowest BCUT2D eigenvalue weighted by atomic mass is 10.0. The van der Waals surface area contributed by atoms with Crippen molar-refractivity contribution in [1.29, 1.82) is 0 Å². The second kappa shape index (κ2) is 6.40. The number of nitrogens with zero attached hydrogens (tertiary/aromatic N) is 1. The van der Waals surface area contributed by atoms with Gasteiger partial charge in [0.05, 0.1) is 6.61 Å². The minimum Gasteiger partial charge on any atom is -0.479 e. The Kier molecular flexibility index (Phi) is 4.57. The maximum Gasteiger partial charge on any atom is 0.331 e. The number of ether oxygens (including phenoxy) is 1. The molecule has 1 amide bonds. The summed E-state index contributed by atoms with van der Waals surface area (Å²) >= 11 is 0. The van der Waals surface area contributed by atoms with Crippen molar-refractivity contribution < 1.29 is 23.8 Å². The van der Waals surface area contributed by atoms with Crippen LogP contribution in [0.3, 0.4) is 0 Å². The number of benzene rings is 1. The van der Waals surface area contributed by atoms with Gasteiger partial charge in [0.1, 0.15) is 6.26 Å². The minimum absolute atomic E-state index is 0.00225. The van der Waals surface area contributed by atoms with Crippen molar-refractivity contribution in [3.63, 3.8) is 0 Å². The van der Waals surface area contributed by atoms with Gasteiger partial charge in [-0.3, -0.25) is 4.79 Å². The molecule has 0 aliphatic heterocycles. The molecule has 22 heavy (non-hydrogen) atoms. The zero-order valence-corrected chi connectivity index (χ0v) is 12.2. The van der Waals surface area contributed by atoms with Crippen LogP contribution in [0.15, 0.2) is 41.0 Å². The number of aromatic nitrogens is 1. The van der Waals surface area contributed by atoms with Gasteiger partial charge in [0.15, 0.2) is 11.2 Å². The number of oxazole rings is 1. The fourth-order valence-electron chi connectivity index (χ4n) is 1.85. The van der Waals surface area contributed by atoms with Crippen molar-refractivity contribution in [2.24, 2.45) is 0 Å². The van der Waals surface area contributed by atoms with Gasteiger partial charge in [0, 0.05) is 12.7 Å². The summed E-state index contributed by atoms with van der Waals surface area (Å²) in [6.07, 6.45) is 1.19. The van der Waals surface area contributed by atoms with Crippen molar-refractivity contribution in [2.45, 2.75) is 12.5 Å². The maximum atomic E-state index is 12.1. The van der Waals surface area contributed by atoms with Gasteiger partial charge in [-0.2, -0.15) is 0 Å². The summed E-state index contributed by atoms with van der Waals surface area (Å²) in [5.74, 6) is -1.56. The normalized spacial score (nSPS) is 13.4. The van der Waals surface area contributed by atoms with E-state index < -0.39 is 17.4 Å². The number of rotatable bonds is 6. The van der Waals surface area contributed by atoms with Crippen LogP contribution in [0.2, 0.25) is 0 Å². The van der Waals surface area contributed by atoms with Crippen LogP contribution >= 0.6 is 0 Å². The van der Waals surface area contributed by atoms with Crippen LogP contribution in [-0.2, 0) is 9.53 Å². The highest BCUT2D eigenvalue weighted by Crippen LogP contribution is 2.18. The molecular formula is C15H16N2O5. The number of aliphatic carboxylic acids is 1. The lowest BCUT2D eigenvalue weighted by Crippen LogP contribution is -2.55. The number of carboxylic acid groups (broad SMARTS) is 1. The Morgan fingerprint density at radius 1 is 1.36 bits per heavy atom. The van der Waals surface area contributed by atoms with Gasteiger partial charge in [0.25, 0.3) is 5.91 Å². The van der Waals surface area contributed by atoms with Crippen LogP contribution in [0.5, 0.6) is 0 Å². The lowest BCUT2D eigenvalue weighted by molar-refractivity contribution is -0.145. The van der Waals surface area contributed by atoms with E-state index in [1.807, 2.05) is 18.2 Å². The standard InChI is InChI=1S/C15H16N2O5/c1-15(9-21-2,14(19)20)17-12(18)11-8-22-13(16-11)10-6-4-3-5-7-10/h3-8H,9H2,1-2H3,(H,17,18)(H,19,20). The molecule has 2 N–H and O–H groups in total. The number of carbonyl (C=O) groups is 2. The molecule has 0 radical (unpaired) electrons. The van der Waals surface area contributed by atoms with Gasteiger partial charge >= 0.3 is 5.97 Å². The smallest absolute Gasteiger partial charge is 0.331 e. The Labute approximate surface area is 126 Å². The Hall–Kier alpha value is -2.67. The van der Waals surface area contributed by atoms with E-state index >= 15 is 0 Å². The number of carbonyl (C=O) groups excluding carboxylic acids is 1. The molecule has 0 saturated carbocycles. The van der Waals surface area contributed by atoms with Gasteiger partial charge in [0.2, 0.25) is 5.89 Å². The highest BCUT2D eigenvalue weighted by atomic mass is 16.5. The first-order valence-corrected chi connectivity index (χ1v) is 6.52. The molecule has 7 heteroatoms. The molecule has 1 atom stereocenters. The summed E-state index contributed by atoms with van der Waals surface area (Å²) in [5.41, 5.74) is -0.820. The zero-order chi connectivity index (χ0) is 16.2. The number of methoxy groups -OCH3 is 1. The van der Waals surface area contributed by atoms with Crippen molar-refractivity contribution in [2.75, 3.05) is 13.7 Å². The summed E-state index contributed by atoms with van der Waals surface area (Å²) in [6.45, 7) is 1.19. The fourth-order valence-corrected chi connectivity index (χ4v) is 1.85. The topological polar surface area (TPSA) is 102 Å². The second-order valence-electron chi connectivity index (χ2n) is 4.93. The number of hydrogen-bond donors (Lipinski definition) is 2. The third-order valence-corrected chi connectivity index (χ3v) is 3.05. The first-order valence-electron chi connectivity index (χ1n) is 6.52. The fraction of sp³-hybridized carbons (Fsp3) is 0.267. The van der Waals surface area contributed by atoms with E-state index in [2.05, 4.69) is 10.3 Å². The number of hydrogen-bond acceptors (Lipinski definition) is 5. The Morgan fingerprint density at radius 3 is 2.64 bits per heavy atom. The molecule has 7 nitrogen and oxygen atoms in total. The van der Waals surface area contributed by atoms with Gasteiger partial charge < -0.3 is 19.6 Å². The predicted octanol–water partition coefficient (Wildman–Crippen LogP) is 1.56. The van der Waals surface area contributed by atoms with Crippen molar-refractivity contribution >= 4 is 11.9 Å². The average molecular weight is 304 g/mol. The van der Waals surface area contributed by atoms with Crippen LogP contribution < -0.4 is 5.32 Å². The molecule has 1 aromatic carbocycles. The second-order valence-corrected chi connectivity index (χ2v) is 4.93. The molecule has 1 aromatic heterocycles. The molecule has 0 aliphatic carbocycles. The summed E-state index contributed by atoms with van der Waals surface area (Å²) < 4.78 is 10.1. The largest absolute Gasteiger partial charge is 0.479 e. The molecule has 1 heterocycles. The predicted molar refractivity (Wildman–Crippen MR) is 77.3 cm³/mol. The molecular weight excluding hydrogens is 288 g/mol. The first-order chi connectivity index (χ1) is 10.5. The van der Waals surface area contributed by atoms with Gasteiger partial charge in [-0.15, -0.1) is 0 Å². The van der Waals surface area contributed by atoms with Gasteiger partial charge in [-0.25, -0.2) is 9.78 Å². The van der Waals surface area contributed by atoms with Crippen LogP contribution in [0.1, 0.15) is 17.4 Å². The minimum atomic E-state index is -1.54. The van der Waals surface area contributed by atoms with E-state index in [0.717, 1.165) is 5.56 Å². The summed E-state index contributed by atoms with van der Waals surface area (Å²) in [6, 6.07) is 9.07. The van der Waals surface area contributed by atoms with E-state index in [9.17, 15) is 14.7 Å². The van der Waals surface area contributed by atoms with Crippen molar-refractivity contribution in [3.8, 4) is 11.5 Å². The van der Waals surface area contributed by atoms with Crippen molar-refractivity contribution in [1.82, 2.24) is 10.3 Å². The van der Waals surface area contributed by atoms with Crippen LogP contribution in [0, 0.1) is 0 Å². The van der Waals surface area contributed by atoms with Gasteiger partial charge in [-0.1, -0.05) is 18.2 Å². The lowest BCUT2D eigenvalue weighted by Gasteiger charge is -2.24. The third kappa shape index (κ3) is 3.32. The molecule has 116 valence electrons. The molecule has 2 aromatic rings. The maximum absolute atomic E-state index is 12.1. The molecule has 0 fully saturated rings. The van der Waals surface area contributed by atoms with Crippen LogP contribution in [-0.4, -0.2) is 41.2 Å². The van der Waals surface area contributed by atoms with Crippen LogP contribution in [0.4, 0.5) is 0 Å². The Balaban J connectivity index is 2.17. The molecule has 0 aliphatic rings. The number of amides is 1. The summed E-state index contributed by atoms with van der Waals surface area (Å²) in [5, 5.41) is 11.6. The first kappa shape index (κ1) is 15.7. The average Bonchev–Trinajstić information content (AvgIpc) is 2.98. The number of carboxylic acids is 1. The van der Waals surface area contributed by atoms with E-state index in [0.29, 0.717) is 0 Å². The molecule has 0 saturated heterocycles. The Bertz CT molecular complexity index is 668. The van der Waals surface area contributed by atoms with E-state index in [4.69, 9.17) is 9.15 Å². The summed E-state index contributed by atoms with van der Waals surface area (Å²) in [4.78, 5) is 27.5. The molecule has 1 unspecified atom stereocenters. The van der Waals surface area contributed by atoms with Crippen LogP contribution in [0.25, 0.3) is 11.5 Å². The highest BCUT2D eigenvalue weighted by Gasteiger charge is 2.36. The summed E-state index contributed by atoms with van der Waals surface area (Å²) in [7, 11) is 1.36. The number of nitrogens with one attached hydrogen (secondary N) is 1. The zero-order valence-electron chi connectivity index (χ0n) is 12.2. The van der Waals surface area contributed by atoms with E-state index in [1.54, 1.807) is 12.1 Å². The Morgan fingerprint density at radius 2 is 2.05 bits per heavy atom. The van der Waals surface area contributed by atoms with Crippen molar-refractivity contribution in [3.05, 3.63) is 42.3 Å². The molecule has 0 spiro atoms. The van der Waals surface area contributed by atoms with Gasteiger partial charge in [-0.05, 0) is 19.1 Å². The molecule has 2 rings (SSSR count). The SMILES string of the molecule is COCC(C)(NC(=O)c1coc(-c2ccccc2)n1)C(=O)O. The highest BCUT2D eigenvalue weighted by molar-refractivity contribution is 5.96. The third-order valence-electron chi connectivity index (χ3n) is 3.05. The monoisotopic (exact) mass is 304 g/mol.